The summed E-state index contributed by atoms with van der Waals surface area (Å²) >= 11 is 3.36. The number of hydrogen-bond acceptors (Lipinski definition) is 6. The number of benzene rings is 1. The molecule has 4 nitrogen and oxygen atoms in total. The van der Waals surface area contributed by atoms with Crippen LogP contribution in [0.3, 0.4) is 0 Å². The van der Waals surface area contributed by atoms with Gasteiger partial charge >= 0.3 is 0 Å². The van der Waals surface area contributed by atoms with E-state index in [2.05, 4.69) is 51.1 Å². The first-order valence-corrected chi connectivity index (χ1v) is 10.5. The highest BCUT2D eigenvalue weighted by Gasteiger charge is 2.32. The summed E-state index contributed by atoms with van der Waals surface area (Å²) < 4.78 is 0. The fourth-order valence-corrected chi connectivity index (χ4v) is 4.78. The average Bonchev–Trinajstić information content (AvgIpc) is 3.49. The van der Waals surface area contributed by atoms with Crippen LogP contribution in [0.5, 0.6) is 0 Å². The lowest BCUT2D eigenvalue weighted by Gasteiger charge is -2.20. The van der Waals surface area contributed by atoms with Crippen molar-refractivity contribution in [1.82, 2.24) is 9.97 Å². The average molecular weight is 389 g/mol. The molecule has 27 heavy (non-hydrogen) atoms. The van der Waals surface area contributed by atoms with Gasteiger partial charge in [0.1, 0.15) is 0 Å². The quantitative estimate of drug-likeness (QED) is 0.455. The number of hydrazone groups is 1. The zero-order chi connectivity index (χ0) is 18.1. The standard InChI is InChI=1S/C21H16N4S2/c1-2-6-15(7-3-1)18-14-27-21(23-18)25-19(16-8-4-10-22-13-16)12-17(24-25)20-9-5-11-26-20/h1-11,13-14,19H,12H2. The lowest BCUT2D eigenvalue weighted by Crippen LogP contribution is -2.18. The fourth-order valence-electron chi connectivity index (χ4n) is 3.22. The fraction of sp³-hybridized carbons (Fsp3) is 0.0952. The Kier molecular flexibility index (Phi) is 4.27. The smallest absolute Gasteiger partial charge is 0.207 e. The van der Waals surface area contributed by atoms with Crippen LogP contribution < -0.4 is 5.01 Å². The van der Waals surface area contributed by atoms with Crippen molar-refractivity contribution in [3.8, 4) is 11.3 Å². The van der Waals surface area contributed by atoms with E-state index in [-0.39, 0.29) is 6.04 Å². The molecular weight excluding hydrogens is 372 g/mol. The Bertz CT molecular complexity index is 1060. The zero-order valence-electron chi connectivity index (χ0n) is 14.4. The number of thiophene rings is 1. The summed E-state index contributed by atoms with van der Waals surface area (Å²) in [4.78, 5) is 10.4. The van der Waals surface area contributed by atoms with Crippen molar-refractivity contribution in [3.05, 3.63) is 88.2 Å². The highest BCUT2D eigenvalue weighted by Crippen LogP contribution is 2.39. The van der Waals surface area contributed by atoms with Gasteiger partial charge in [-0.15, -0.1) is 22.7 Å². The van der Waals surface area contributed by atoms with Gasteiger partial charge in [0, 0.05) is 29.8 Å². The molecule has 4 aromatic rings. The van der Waals surface area contributed by atoms with E-state index in [9.17, 15) is 0 Å². The van der Waals surface area contributed by atoms with Crippen LogP contribution in [0, 0.1) is 0 Å². The van der Waals surface area contributed by atoms with Crippen LogP contribution in [0.2, 0.25) is 0 Å². The number of aromatic nitrogens is 2. The second-order valence-electron chi connectivity index (χ2n) is 6.26. The van der Waals surface area contributed by atoms with Gasteiger partial charge in [0.2, 0.25) is 5.13 Å². The Balaban J connectivity index is 1.54. The molecule has 3 aromatic heterocycles. The summed E-state index contributed by atoms with van der Waals surface area (Å²) in [7, 11) is 0. The van der Waals surface area contributed by atoms with Gasteiger partial charge in [-0.1, -0.05) is 42.5 Å². The largest absolute Gasteiger partial charge is 0.264 e. The molecule has 0 fully saturated rings. The second-order valence-corrected chi connectivity index (χ2v) is 8.04. The third kappa shape index (κ3) is 3.18. The minimum atomic E-state index is 0.116. The van der Waals surface area contributed by atoms with Gasteiger partial charge in [-0.25, -0.2) is 9.99 Å². The summed E-state index contributed by atoms with van der Waals surface area (Å²) in [6.45, 7) is 0. The van der Waals surface area contributed by atoms with E-state index in [1.54, 1.807) is 28.9 Å². The van der Waals surface area contributed by atoms with Gasteiger partial charge in [0.25, 0.3) is 0 Å². The van der Waals surface area contributed by atoms with Crippen molar-refractivity contribution >= 4 is 33.5 Å². The molecule has 0 saturated carbocycles. The summed E-state index contributed by atoms with van der Waals surface area (Å²) in [5, 5.41) is 12.1. The molecule has 1 aromatic carbocycles. The van der Waals surface area contributed by atoms with Crippen LogP contribution >= 0.6 is 22.7 Å². The molecule has 132 valence electrons. The predicted octanol–water partition coefficient (Wildman–Crippen LogP) is 5.62. The number of pyridine rings is 1. The van der Waals surface area contributed by atoms with Gasteiger partial charge < -0.3 is 0 Å². The van der Waals surface area contributed by atoms with Crippen LogP contribution in [0.25, 0.3) is 11.3 Å². The van der Waals surface area contributed by atoms with Crippen molar-refractivity contribution < 1.29 is 0 Å². The van der Waals surface area contributed by atoms with E-state index >= 15 is 0 Å². The summed E-state index contributed by atoms with van der Waals surface area (Å²) in [5.74, 6) is 0. The van der Waals surface area contributed by atoms with Gasteiger partial charge in [0.05, 0.1) is 22.3 Å². The maximum absolute atomic E-state index is 4.95. The molecule has 1 atom stereocenters. The van der Waals surface area contributed by atoms with Crippen molar-refractivity contribution in [3.63, 3.8) is 0 Å². The predicted molar refractivity (Wildman–Crippen MR) is 112 cm³/mol. The monoisotopic (exact) mass is 388 g/mol. The Labute approximate surface area is 165 Å². The van der Waals surface area contributed by atoms with E-state index < -0.39 is 0 Å². The number of rotatable bonds is 4. The van der Waals surface area contributed by atoms with Crippen LogP contribution in [-0.4, -0.2) is 15.7 Å². The van der Waals surface area contributed by atoms with Gasteiger partial charge in [-0.05, 0) is 23.1 Å². The topological polar surface area (TPSA) is 41.4 Å². The summed E-state index contributed by atoms with van der Waals surface area (Å²) in [6.07, 6.45) is 4.59. The highest BCUT2D eigenvalue weighted by molar-refractivity contribution is 7.14. The summed E-state index contributed by atoms with van der Waals surface area (Å²) in [6, 6.07) is 18.7. The van der Waals surface area contributed by atoms with Crippen LogP contribution in [0.15, 0.2) is 82.9 Å². The molecule has 1 aliphatic rings. The first kappa shape index (κ1) is 16.4. The molecule has 0 saturated heterocycles. The third-order valence-corrected chi connectivity index (χ3v) is 6.29. The van der Waals surface area contributed by atoms with Gasteiger partial charge in [-0.3, -0.25) is 4.98 Å². The molecule has 0 bridgehead atoms. The van der Waals surface area contributed by atoms with Crippen LogP contribution in [0.1, 0.15) is 22.9 Å². The maximum atomic E-state index is 4.95. The molecule has 0 aliphatic carbocycles. The minimum absolute atomic E-state index is 0.116. The highest BCUT2D eigenvalue weighted by atomic mass is 32.1. The molecule has 4 heterocycles. The Morgan fingerprint density at radius 1 is 0.963 bits per heavy atom. The first-order valence-electron chi connectivity index (χ1n) is 8.70. The lowest BCUT2D eigenvalue weighted by atomic mass is 10.0. The molecule has 6 heteroatoms. The van der Waals surface area contributed by atoms with E-state index in [0.29, 0.717) is 0 Å². The lowest BCUT2D eigenvalue weighted by molar-refractivity contribution is 0.703. The summed E-state index contributed by atoms with van der Waals surface area (Å²) in [5.41, 5.74) is 4.37. The Morgan fingerprint density at radius 3 is 2.67 bits per heavy atom. The van der Waals surface area contributed by atoms with Crippen molar-refractivity contribution in [2.24, 2.45) is 5.10 Å². The molecule has 1 unspecified atom stereocenters. The zero-order valence-corrected chi connectivity index (χ0v) is 16.0. The molecular formula is C21H16N4S2. The number of hydrogen-bond donors (Lipinski definition) is 0. The van der Waals surface area contributed by atoms with Crippen molar-refractivity contribution in [2.75, 3.05) is 5.01 Å². The molecule has 0 radical (unpaired) electrons. The Hall–Kier alpha value is -2.83. The third-order valence-electron chi connectivity index (χ3n) is 4.54. The SMILES string of the molecule is c1ccc(-c2csc(N3N=C(c4cccs4)CC3c3cccnc3)n2)cc1. The molecule has 5 rings (SSSR count). The molecule has 0 amide bonds. The van der Waals surface area contributed by atoms with E-state index in [4.69, 9.17) is 10.1 Å². The molecule has 0 N–H and O–H groups in total. The number of nitrogens with zero attached hydrogens (tertiary/aromatic N) is 4. The van der Waals surface area contributed by atoms with E-state index in [1.807, 2.05) is 30.5 Å². The second kappa shape index (κ2) is 7.06. The van der Waals surface area contributed by atoms with Crippen LogP contribution in [-0.2, 0) is 0 Å². The van der Waals surface area contributed by atoms with Crippen LogP contribution in [0.4, 0.5) is 5.13 Å². The van der Waals surface area contributed by atoms with E-state index in [1.165, 1.54) is 4.88 Å². The first-order chi connectivity index (χ1) is 13.4. The minimum Gasteiger partial charge on any atom is -0.264 e. The number of thiazole rings is 1. The van der Waals surface area contributed by atoms with Gasteiger partial charge in [0.15, 0.2) is 0 Å². The Morgan fingerprint density at radius 2 is 1.89 bits per heavy atom. The molecule has 0 spiro atoms. The van der Waals surface area contributed by atoms with E-state index in [0.717, 1.165) is 34.1 Å². The molecule has 1 aliphatic heterocycles. The maximum Gasteiger partial charge on any atom is 0.207 e. The van der Waals surface area contributed by atoms with Crippen molar-refractivity contribution in [1.29, 1.82) is 0 Å². The van der Waals surface area contributed by atoms with Crippen molar-refractivity contribution in [2.45, 2.75) is 12.5 Å². The van der Waals surface area contributed by atoms with Gasteiger partial charge in [-0.2, -0.15) is 5.10 Å². The normalized spacial score (nSPS) is 16.5. The number of anilines is 1.